The summed E-state index contributed by atoms with van der Waals surface area (Å²) in [6.07, 6.45) is 0.537. The van der Waals surface area contributed by atoms with Crippen molar-refractivity contribution in [3.8, 4) is 0 Å². The molecular formula is C12H17N3O3. The number of hydrogen-bond acceptors (Lipinski definition) is 3. The van der Waals surface area contributed by atoms with Crippen molar-refractivity contribution < 1.29 is 14.7 Å². The van der Waals surface area contributed by atoms with Crippen molar-refractivity contribution >= 4 is 11.9 Å². The highest BCUT2D eigenvalue weighted by atomic mass is 16.4. The number of nitrogens with zero attached hydrogens (tertiary/aromatic N) is 2. The van der Waals surface area contributed by atoms with Crippen LogP contribution in [0.1, 0.15) is 42.5 Å². The molecule has 0 radical (unpaired) electrons. The minimum Gasteiger partial charge on any atom is -0.476 e. The van der Waals surface area contributed by atoms with Crippen LogP contribution >= 0.6 is 0 Å². The molecule has 0 fully saturated rings. The van der Waals surface area contributed by atoms with E-state index in [9.17, 15) is 9.59 Å². The summed E-state index contributed by atoms with van der Waals surface area (Å²) in [5.74, 6) is -0.956. The number of carboxylic acids is 1. The van der Waals surface area contributed by atoms with Gasteiger partial charge in [0.05, 0.1) is 12.2 Å². The lowest BCUT2D eigenvalue weighted by molar-refractivity contribution is -0.140. The average molecular weight is 251 g/mol. The highest BCUT2D eigenvalue weighted by molar-refractivity contribution is 5.88. The molecule has 1 aromatic heterocycles. The molecule has 1 aliphatic heterocycles. The first-order valence-corrected chi connectivity index (χ1v) is 5.89. The van der Waals surface area contributed by atoms with Crippen LogP contribution in [-0.2, 0) is 17.8 Å². The fraction of sp³-hybridized carbons (Fsp3) is 0.583. The fourth-order valence-electron chi connectivity index (χ4n) is 2.14. The van der Waals surface area contributed by atoms with Gasteiger partial charge in [0.15, 0.2) is 5.69 Å². The molecule has 1 aliphatic rings. The maximum Gasteiger partial charge on any atom is 0.356 e. The highest BCUT2D eigenvalue weighted by Crippen LogP contribution is 2.25. The Balaban J connectivity index is 2.22. The van der Waals surface area contributed by atoms with Crippen LogP contribution in [0.5, 0.6) is 0 Å². The van der Waals surface area contributed by atoms with E-state index in [1.807, 2.05) is 20.8 Å². The molecule has 0 spiro atoms. The molecule has 2 rings (SSSR count). The van der Waals surface area contributed by atoms with E-state index in [0.29, 0.717) is 19.5 Å². The second-order valence-corrected chi connectivity index (χ2v) is 5.56. The highest BCUT2D eigenvalue weighted by Gasteiger charge is 2.32. The standard InChI is InChI=1S/C12H17N3O3/c1-12(2,3)11(18)15-5-4-7-8(6-15)13-14-9(7)10(16)17/h4-6H2,1-3H3,(H,13,14)(H,16,17). The van der Waals surface area contributed by atoms with E-state index in [1.54, 1.807) is 4.90 Å². The molecule has 2 heterocycles. The summed E-state index contributed by atoms with van der Waals surface area (Å²) < 4.78 is 0. The summed E-state index contributed by atoms with van der Waals surface area (Å²) in [5, 5.41) is 15.5. The Labute approximate surface area is 105 Å². The van der Waals surface area contributed by atoms with Gasteiger partial charge in [-0.2, -0.15) is 5.10 Å². The monoisotopic (exact) mass is 251 g/mol. The maximum absolute atomic E-state index is 12.1. The van der Waals surface area contributed by atoms with Crippen LogP contribution in [0, 0.1) is 5.41 Å². The van der Waals surface area contributed by atoms with Gasteiger partial charge in [-0.1, -0.05) is 20.8 Å². The Morgan fingerprint density at radius 1 is 1.39 bits per heavy atom. The molecule has 1 amide bonds. The van der Waals surface area contributed by atoms with Crippen LogP contribution in [0.25, 0.3) is 0 Å². The number of aromatic nitrogens is 2. The van der Waals surface area contributed by atoms with Crippen LogP contribution < -0.4 is 0 Å². The molecule has 98 valence electrons. The predicted molar refractivity (Wildman–Crippen MR) is 64.1 cm³/mol. The third-order valence-corrected chi connectivity index (χ3v) is 3.06. The molecule has 0 bridgehead atoms. The molecule has 2 N–H and O–H groups in total. The number of rotatable bonds is 1. The lowest BCUT2D eigenvalue weighted by Crippen LogP contribution is -2.42. The van der Waals surface area contributed by atoms with Crippen LogP contribution in [0.2, 0.25) is 0 Å². The summed E-state index contributed by atoms with van der Waals surface area (Å²) >= 11 is 0. The SMILES string of the molecule is CC(C)(C)C(=O)N1CCc2c(C(=O)O)n[nH]c2C1. The number of carboxylic acid groups (broad SMARTS) is 1. The number of carbonyl (C=O) groups excluding carboxylic acids is 1. The summed E-state index contributed by atoms with van der Waals surface area (Å²) in [6, 6.07) is 0. The molecule has 0 atom stereocenters. The minimum absolute atomic E-state index is 0.0691. The van der Waals surface area contributed by atoms with Crippen molar-refractivity contribution in [3.05, 3.63) is 17.0 Å². The summed E-state index contributed by atoms with van der Waals surface area (Å²) in [6.45, 7) is 6.58. The van der Waals surface area contributed by atoms with Crippen molar-refractivity contribution in [2.24, 2.45) is 5.41 Å². The van der Waals surface area contributed by atoms with Gasteiger partial charge < -0.3 is 10.0 Å². The molecule has 18 heavy (non-hydrogen) atoms. The normalized spacial score (nSPS) is 15.4. The lowest BCUT2D eigenvalue weighted by Gasteiger charge is -2.32. The quantitative estimate of drug-likeness (QED) is 0.780. The van der Waals surface area contributed by atoms with Crippen molar-refractivity contribution in [2.45, 2.75) is 33.7 Å². The summed E-state index contributed by atoms with van der Waals surface area (Å²) in [4.78, 5) is 24.8. The van der Waals surface area contributed by atoms with Gasteiger partial charge in [0.2, 0.25) is 5.91 Å². The molecule has 0 saturated carbocycles. The van der Waals surface area contributed by atoms with Gasteiger partial charge in [-0.25, -0.2) is 4.79 Å². The number of aromatic carboxylic acids is 1. The summed E-state index contributed by atoms with van der Waals surface area (Å²) in [5.41, 5.74) is 1.11. The first-order valence-electron chi connectivity index (χ1n) is 5.89. The smallest absolute Gasteiger partial charge is 0.356 e. The van der Waals surface area contributed by atoms with E-state index in [1.165, 1.54) is 0 Å². The Hall–Kier alpha value is -1.85. The first kappa shape index (κ1) is 12.6. The van der Waals surface area contributed by atoms with Crippen LogP contribution in [0.4, 0.5) is 0 Å². The van der Waals surface area contributed by atoms with Crippen molar-refractivity contribution in [2.75, 3.05) is 6.54 Å². The van der Waals surface area contributed by atoms with Gasteiger partial charge in [-0.15, -0.1) is 0 Å². The number of amides is 1. The van der Waals surface area contributed by atoms with E-state index < -0.39 is 11.4 Å². The van der Waals surface area contributed by atoms with Crippen LogP contribution in [-0.4, -0.2) is 38.6 Å². The van der Waals surface area contributed by atoms with Gasteiger partial charge in [0, 0.05) is 17.5 Å². The van der Waals surface area contributed by atoms with Crippen molar-refractivity contribution in [1.29, 1.82) is 0 Å². The van der Waals surface area contributed by atoms with Gasteiger partial charge in [-0.05, 0) is 6.42 Å². The van der Waals surface area contributed by atoms with E-state index in [4.69, 9.17) is 5.11 Å². The molecule has 0 aliphatic carbocycles. The Morgan fingerprint density at radius 2 is 2.06 bits per heavy atom. The van der Waals surface area contributed by atoms with E-state index in [0.717, 1.165) is 11.3 Å². The Kier molecular flexibility index (Phi) is 2.88. The minimum atomic E-state index is -1.02. The van der Waals surface area contributed by atoms with E-state index in [2.05, 4.69) is 10.2 Å². The van der Waals surface area contributed by atoms with Crippen molar-refractivity contribution in [1.82, 2.24) is 15.1 Å². The second kappa shape index (κ2) is 4.12. The zero-order chi connectivity index (χ0) is 13.5. The first-order chi connectivity index (χ1) is 8.30. The van der Waals surface area contributed by atoms with Gasteiger partial charge in [0.1, 0.15) is 0 Å². The Bertz CT molecular complexity index is 499. The predicted octanol–water partition coefficient (Wildman–Crippen LogP) is 1.04. The van der Waals surface area contributed by atoms with Crippen LogP contribution in [0.15, 0.2) is 0 Å². The fourth-order valence-corrected chi connectivity index (χ4v) is 2.14. The number of fused-ring (bicyclic) bond motifs is 1. The molecule has 0 saturated heterocycles. The third kappa shape index (κ3) is 2.10. The zero-order valence-electron chi connectivity index (χ0n) is 10.8. The largest absolute Gasteiger partial charge is 0.476 e. The second-order valence-electron chi connectivity index (χ2n) is 5.56. The zero-order valence-corrected chi connectivity index (χ0v) is 10.8. The van der Waals surface area contributed by atoms with E-state index >= 15 is 0 Å². The third-order valence-electron chi connectivity index (χ3n) is 3.06. The van der Waals surface area contributed by atoms with Gasteiger partial charge in [-0.3, -0.25) is 9.89 Å². The van der Waals surface area contributed by atoms with Crippen LogP contribution in [0.3, 0.4) is 0 Å². The molecule has 0 unspecified atom stereocenters. The average Bonchev–Trinajstić information content (AvgIpc) is 2.69. The maximum atomic E-state index is 12.1. The van der Waals surface area contributed by atoms with Gasteiger partial charge >= 0.3 is 5.97 Å². The topological polar surface area (TPSA) is 86.3 Å². The summed E-state index contributed by atoms with van der Waals surface area (Å²) in [7, 11) is 0. The van der Waals surface area contributed by atoms with Gasteiger partial charge in [0.25, 0.3) is 0 Å². The lowest BCUT2D eigenvalue weighted by atomic mass is 9.93. The molecule has 6 heteroatoms. The van der Waals surface area contributed by atoms with E-state index in [-0.39, 0.29) is 11.6 Å². The van der Waals surface area contributed by atoms with Crippen molar-refractivity contribution in [3.63, 3.8) is 0 Å². The number of carbonyl (C=O) groups is 2. The number of H-pyrrole nitrogens is 1. The number of aromatic amines is 1. The Morgan fingerprint density at radius 3 is 2.61 bits per heavy atom. The molecule has 6 nitrogen and oxygen atoms in total. The molecule has 1 aromatic rings. The number of nitrogens with one attached hydrogen (secondary N) is 1. The number of hydrogen-bond donors (Lipinski definition) is 2. The molecular weight excluding hydrogens is 234 g/mol. The molecule has 0 aromatic carbocycles.